The summed E-state index contributed by atoms with van der Waals surface area (Å²) in [6.07, 6.45) is 0.410. The Kier molecular flexibility index (Phi) is 7.26. The SMILES string of the molecule is COc1ccc(C(=O)Nc2ccc(C3OC(=O)N(Cc4ccc(F)cc4)C3C(=O)N3CCCC3)cc2)cc1. The van der Waals surface area contributed by atoms with Crippen LogP contribution in [0.1, 0.15) is 40.4 Å². The van der Waals surface area contributed by atoms with E-state index in [2.05, 4.69) is 5.32 Å². The van der Waals surface area contributed by atoms with Crippen molar-refractivity contribution in [2.45, 2.75) is 31.5 Å². The molecule has 0 spiro atoms. The zero-order chi connectivity index (χ0) is 26.6. The highest BCUT2D eigenvalue weighted by molar-refractivity contribution is 6.04. The highest BCUT2D eigenvalue weighted by Gasteiger charge is 2.48. The number of cyclic esters (lactones) is 1. The molecule has 38 heavy (non-hydrogen) atoms. The molecule has 0 aromatic heterocycles. The quantitative estimate of drug-likeness (QED) is 0.488. The lowest BCUT2D eigenvalue weighted by Crippen LogP contribution is -2.47. The Labute approximate surface area is 219 Å². The topological polar surface area (TPSA) is 88.2 Å². The van der Waals surface area contributed by atoms with Crippen LogP contribution in [0.3, 0.4) is 0 Å². The number of hydrogen-bond donors (Lipinski definition) is 1. The van der Waals surface area contributed by atoms with E-state index in [0.29, 0.717) is 41.2 Å². The Bertz CT molecular complexity index is 1310. The number of hydrogen-bond acceptors (Lipinski definition) is 5. The van der Waals surface area contributed by atoms with Crippen LogP contribution in [0.25, 0.3) is 0 Å². The molecule has 0 bridgehead atoms. The van der Waals surface area contributed by atoms with Crippen LogP contribution in [-0.4, -0.2) is 53.9 Å². The van der Waals surface area contributed by atoms with E-state index >= 15 is 0 Å². The van der Waals surface area contributed by atoms with Gasteiger partial charge in [0.15, 0.2) is 12.1 Å². The van der Waals surface area contributed by atoms with Crippen molar-refractivity contribution in [2.24, 2.45) is 0 Å². The number of nitrogens with zero attached hydrogens (tertiary/aromatic N) is 2. The number of amides is 3. The number of carbonyl (C=O) groups excluding carboxylic acids is 3. The highest BCUT2D eigenvalue weighted by Crippen LogP contribution is 2.36. The minimum Gasteiger partial charge on any atom is -0.497 e. The van der Waals surface area contributed by atoms with Gasteiger partial charge in [0.05, 0.1) is 13.7 Å². The molecule has 5 rings (SSSR count). The first-order valence-corrected chi connectivity index (χ1v) is 12.5. The lowest BCUT2D eigenvalue weighted by Gasteiger charge is -2.28. The molecule has 0 aliphatic carbocycles. The lowest BCUT2D eigenvalue weighted by atomic mass is 10.00. The molecule has 9 heteroatoms. The Morgan fingerprint density at radius 1 is 0.974 bits per heavy atom. The van der Waals surface area contributed by atoms with Crippen molar-refractivity contribution < 1.29 is 28.2 Å². The number of halogens is 1. The molecule has 0 radical (unpaired) electrons. The standard InChI is InChI=1S/C29H28FN3O5/c1-37-24-14-8-21(9-15-24)27(34)31-23-12-6-20(7-13-23)26-25(28(35)32-16-2-3-17-32)33(29(36)38-26)18-19-4-10-22(30)11-5-19/h4-15,25-26H,2-3,16-18H2,1H3,(H,31,34). The number of anilines is 1. The number of benzene rings is 3. The van der Waals surface area contributed by atoms with Crippen molar-refractivity contribution in [3.05, 3.63) is 95.3 Å². The molecule has 2 unspecified atom stereocenters. The maximum absolute atomic E-state index is 13.6. The molecule has 2 aliphatic heterocycles. The molecule has 196 valence electrons. The zero-order valence-electron chi connectivity index (χ0n) is 20.9. The second-order valence-electron chi connectivity index (χ2n) is 9.34. The molecule has 3 amide bonds. The van der Waals surface area contributed by atoms with E-state index in [1.165, 1.54) is 17.0 Å². The fourth-order valence-corrected chi connectivity index (χ4v) is 4.81. The minimum atomic E-state index is -0.856. The first kappa shape index (κ1) is 25.3. The van der Waals surface area contributed by atoms with E-state index in [0.717, 1.165) is 12.8 Å². The van der Waals surface area contributed by atoms with Gasteiger partial charge in [-0.1, -0.05) is 24.3 Å². The summed E-state index contributed by atoms with van der Waals surface area (Å²) < 4.78 is 24.3. The largest absolute Gasteiger partial charge is 0.497 e. The van der Waals surface area contributed by atoms with Crippen LogP contribution < -0.4 is 10.1 Å². The summed E-state index contributed by atoms with van der Waals surface area (Å²) in [5.74, 6) is -0.166. The van der Waals surface area contributed by atoms with Crippen molar-refractivity contribution in [3.8, 4) is 5.75 Å². The van der Waals surface area contributed by atoms with E-state index in [1.54, 1.807) is 72.7 Å². The van der Waals surface area contributed by atoms with E-state index in [9.17, 15) is 18.8 Å². The minimum absolute atomic E-state index is 0.121. The molecule has 3 aromatic carbocycles. The van der Waals surface area contributed by atoms with E-state index in [-0.39, 0.29) is 24.2 Å². The monoisotopic (exact) mass is 517 g/mol. The molecule has 0 saturated carbocycles. The number of methoxy groups -OCH3 is 1. The Balaban J connectivity index is 1.35. The van der Waals surface area contributed by atoms with Crippen LogP contribution in [-0.2, 0) is 16.1 Å². The van der Waals surface area contributed by atoms with Crippen LogP contribution in [0.2, 0.25) is 0 Å². The van der Waals surface area contributed by atoms with Gasteiger partial charge >= 0.3 is 6.09 Å². The maximum Gasteiger partial charge on any atom is 0.411 e. The molecular formula is C29H28FN3O5. The van der Waals surface area contributed by atoms with Gasteiger partial charge < -0.3 is 19.7 Å². The Hall–Kier alpha value is -4.40. The number of carbonyl (C=O) groups is 3. The molecule has 8 nitrogen and oxygen atoms in total. The van der Waals surface area contributed by atoms with Crippen molar-refractivity contribution in [2.75, 3.05) is 25.5 Å². The normalized spacial score (nSPS) is 18.8. The molecule has 1 N–H and O–H groups in total. The average Bonchev–Trinajstić information content (AvgIpc) is 3.59. The van der Waals surface area contributed by atoms with Crippen LogP contribution in [0, 0.1) is 5.82 Å². The molecule has 2 aliphatic rings. The maximum atomic E-state index is 13.6. The van der Waals surface area contributed by atoms with Gasteiger partial charge in [-0.05, 0) is 72.5 Å². The Morgan fingerprint density at radius 2 is 1.63 bits per heavy atom. The Morgan fingerprint density at radius 3 is 2.26 bits per heavy atom. The van der Waals surface area contributed by atoms with E-state index in [1.807, 2.05) is 0 Å². The summed E-state index contributed by atoms with van der Waals surface area (Å²) in [7, 11) is 1.56. The van der Waals surface area contributed by atoms with Crippen molar-refractivity contribution in [3.63, 3.8) is 0 Å². The molecule has 2 fully saturated rings. The first-order chi connectivity index (χ1) is 18.4. The van der Waals surface area contributed by atoms with Gasteiger partial charge in [0.25, 0.3) is 5.91 Å². The predicted octanol–water partition coefficient (Wildman–Crippen LogP) is 4.77. The van der Waals surface area contributed by atoms with Gasteiger partial charge in [-0.15, -0.1) is 0 Å². The van der Waals surface area contributed by atoms with Crippen molar-refractivity contribution in [1.29, 1.82) is 0 Å². The lowest BCUT2D eigenvalue weighted by molar-refractivity contribution is -0.135. The van der Waals surface area contributed by atoms with Crippen molar-refractivity contribution >= 4 is 23.6 Å². The van der Waals surface area contributed by atoms with Crippen LogP contribution in [0.5, 0.6) is 5.75 Å². The molecule has 2 atom stereocenters. The predicted molar refractivity (Wildman–Crippen MR) is 138 cm³/mol. The first-order valence-electron chi connectivity index (χ1n) is 12.5. The highest BCUT2D eigenvalue weighted by atomic mass is 19.1. The third kappa shape index (κ3) is 5.32. The van der Waals surface area contributed by atoms with Gasteiger partial charge in [-0.25, -0.2) is 9.18 Å². The number of likely N-dealkylation sites (tertiary alicyclic amines) is 1. The van der Waals surface area contributed by atoms with Gasteiger partial charge in [0.2, 0.25) is 5.91 Å². The van der Waals surface area contributed by atoms with Gasteiger partial charge in [0, 0.05) is 24.3 Å². The zero-order valence-corrected chi connectivity index (χ0v) is 20.9. The smallest absolute Gasteiger partial charge is 0.411 e. The van der Waals surface area contributed by atoms with Crippen LogP contribution in [0.4, 0.5) is 14.9 Å². The molecule has 3 aromatic rings. The van der Waals surface area contributed by atoms with Crippen molar-refractivity contribution in [1.82, 2.24) is 9.80 Å². The summed E-state index contributed by atoms with van der Waals surface area (Å²) >= 11 is 0. The molecule has 2 heterocycles. The average molecular weight is 518 g/mol. The van der Waals surface area contributed by atoms with Gasteiger partial charge in [0.1, 0.15) is 11.6 Å². The van der Waals surface area contributed by atoms with Gasteiger partial charge in [-0.3, -0.25) is 14.5 Å². The van der Waals surface area contributed by atoms with Gasteiger partial charge in [-0.2, -0.15) is 0 Å². The number of rotatable bonds is 7. The summed E-state index contributed by atoms with van der Waals surface area (Å²) in [5, 5.41) is 2.84. The third-order valence-corrected chi connectivity index (χ3v) is 6.87. The number of nitrogens with one attached hydrogen (secondary N) is 1. The van der Waals surface area contributed by atoms with E-state index < -0.39 is 18.2 Å². The third-order valence-electron chi connectivity index (χ3n) is 6.87. The molecular weight excluding hydrogens is 489 g/mol. The van der Waals surface area contributed by atoms with Crippen LogP contribution in [0.15, 0.2) is 72.8 Å². The summed E-state index contributed by atoms with van der Waals surface area (Å²) in [5.41, 5.74) is 2.37. The summed E-state index contributed by atoms with van der Waals surface area (Å²) in [6.45, 7) is 1.39. The summed E-state index contributed by atoms with van der Waals surface area (Å²) in [6, 6.07) is 18.6. The van der Waals surface area contributed by atoms with E-state index in [4.69, 9.17) is 9.47 Å². The summed E-state index contributed by atoms with van der Waals surface area (Å²) in [4.78, 5) is 42.3. The fourth-order valence-electron chi connectivity index (χ4n) is 4.81. The fraction of sp³-hybridized carbons (Fsp3) is 0.276. The number of ether oxygens (including phenoxy) is 2. The second-order valence-corrected chi connectivity index (χ2v) is 9.34. The second kappa shape index (κ2) is 10.9. The molecule has 2 saturated heterocycles. The van der Waals surface area contributed by atoms with Crippen LogP contribution >= 0.6 is 0 Å².